The Bertz CT molecular complexity index is 3910. The molecular formula is C70H68N2O2. The molecule has 2 heterocycles. The summed E-state index contributed by atoms with van der Waals surface area (Å²) in [6, 6.07) is 55.0. The van der Waals surface area contributed by atoms with E-state index in [4.69, 9.17) is 8.83 Å². The van der Waals surface area contributed by atoms with Gasteiger partial charge in [0.1, 0.15) is 11.2 Å². The maximum absolute atomic E-state index is 7.28. The monoisotopic (exact) mass is 969 g/mol. The number of benzene rings is 10. The van der Waals surface area contributed by atoms with Gasteiger partial charge in [0.05, 0.1) is 22.7 Å². The lowest BCUT2D eigenvalue weighted by molar-refractivity contribution is 0.572. The minimum Gasteiger partial charge on any atom is -0.454 e. The van der Waals surface area contributed by atoms with Crippen LogP contribution in [0.3, 0.4) is 0 Å². The van der Waals surface area contributed by atoms with Crippen LogP contribution < -0.4 is 9.80 Å². The number of furan rings is 2. The van der Waals surface area contributed by atoms with Crippen molar-refractivity contribution in [1.29, 1.82) is 0 Å². The molecule has 0 saturated carbocycles. The van der Waals surface area contributed by atoms with E-state index in [1.165, 1.54) is 65.7 Å². The van der Waals surface area contributed by atoms with Crippen LogP contribution in [0.15, 0.2) is 154 Å². The highest BCUT2D eigenvalue weighted by Crippen LogP contribution is 2.54. The van der Waals surface area contributed by atoms with Crippen molar-refractivity contribution in [3.8, 4) is 0 Å². The summed E-state index contributed by atoms with van der Waals surface area (Å²) in [5.74, 6) is 0.463. The van der Waals surface area contributed by atoms with Crippen LogP contribution in [0.25, 0.3) is 76.2 Å². The molecular weight excluding hydrogens is 901 g/mol. The summed E-state index contributed by atoms with van der Waals surface area (Å²) in [5.41, 5.74) is 19.8. The van der Waals surface area contributed by atoms with E-state index in [1.54, 1.807) is 0 Å². The van der Waals surface area contributed by atoms with E-state index in [1.807, 2.05) is 0 Å². The molecule has 0 atom stereocenters. The largest absolute Gasteiger partial charge is 0.454 e. The highest BCUT2D eigenvalue weighted by molar-refractivity contribution is 6.30. The zero-order valence-electron chi connectivity index (χ0n) is 45.7. The topological polar surface area (TPSA) is 32.8 Å². The number of anilines is 6. The van der Waals surface area contributed by atoms with E-state index in [-0.39, 0.29) is 22.7 Å². The van der Waals surface area contributed by atoms with Gasteiger partial charge in [-0.05, 0) is 131 Å². The average Bonchev–Trinajstić information content (AvgIpc) is 3.95. The highest BCUT2D eigenvalue weighted by Gasteiger charge is 2.31. The summed E-state index contributed by atoms with van der Waals surface area (Å²) in [6.07, 6.45) is 0. The molecule has 0 amide bonds. The maximum Gasteiger partial charge on any atom is 0.159 e. The second-order valence-electron chi connectivity index (χ2n) is 24.0. The van der Waals surface area contributed by atoms with Crippen LogP contribution in [0, 0.1) is 27.7 Å². The van der Waals surface area contributed by atoms with Gasteiger partial charge < -0.3 is 18.6 Å². The molecule has 0 bridgehead atoms. The Kier molecular flexibility index (Phi) is 10.9. The van der Waals surface area contributed by atoms with Gasteiger partial charge in [-0.1, -0.05) is 190 Å². The molecule has 0 unspecified atom stereocenters. The van der Waals surface area contributed by atoms with E-state index in [0.717, 1.165) is 89.1 Å². The Hall–Kier alpha value is -7.56. The van der Waals surface area contributed by atoms with Crippen molar-refractivity contribution < 1.29 is 8.83 Å². The number of rotatable bonds is 8. The Morgan fingerprint density at radius 1 is 0.365 bits per heavy atom. The first-order chi connectivity index (χ1) is 35.3. The fraction of sp³-hybridized carbons (Fsp3) is 0.257. The molecule has 12 rings (SSSR count). The van der Waals surface area contributed by atoms with E-state index < -0.39 is 0 Å². The normalized spacial score (nSPS) is 12.7. The van der Waals surface area contributed by atoms with Crippen LogP contribution in [0.4, 0.5) is 34.1 Å². The molecule has 0 aliphatic rings. The van der Waals surface area contributed by atoms with Gasteiger partial charge >= 0.3 is 0 Å². The van der Waals surface area contributed by atoms with E-state index in [9.17, 15) is 0 Å². The molecule has 370 valence electrons. The molecule has 10 aromatic carbocycles. The summed E-state index contributed by atoms with van der Waals surface area (Å²) in [5, 5.41) is 12.1. The summed E-state index contributed by atoms with van der Waals surface area (Å²) >= 11 is 0. The standard InChI is InChI=1S/C70H68N2O2/c1-39(2)55-37-59(71(45-27-21-41(5)22-28-45)63-43(7)25-31-51-49-17-15-19-57(69(9,10)11)65(49)73-67(51)63)53-36-34-48-56(40(3)4)38-60(54-35-33-47(55)61(53)62(48)54)72(46-29-23-42(6)24-30-46)64-44(8)26-32-52-50-18-16-20-58(70(12,13)14)66(50)74-68(52)64/h15-40H,1-14H3. The lowest BCUT2D eigenvalue weighted by Gasteiger charge is -2.32. The predicted molar refractivity (Wildman–Crippen MR) is 319 cm³/mol. The number of aryl methyl sites for hydroxylation is 4. The first-order valence-corrected chi connectivity index (χ1v) is 26.7. The average molecular weight is 969 g/mol. The lowest BCUT2D eigenvalue weighted by atomic mass is 9.84. The minimum atomic E-state index is -0.104. The van der Waals surface area contributed by atoms with Gasteiger partial charge in [0.2, 0.25) is 0 Å². The van der Waals surface area contributed by atoms with Gasteiger partial charge in [0.15, 0.2) is 11.2 Å². The molecule has 0 saturated heterocycles. The fourth-order valence-corrected chi connectivity index (χ4v) is 12.1. The molecule has 74 heavy (non-hydrogen) atoms. The molecule has 0 spiro atoms. The third kappa shape index (κ3) is 7.30. The number of hydrogen-bond acceptors (Lipinski definition) is 4. The molecule has 0 N–H and O–H groups in total. The highest BCUT2D eigenvalue weighted by atomic mass is 16.3. The van der Waals surface area contributed by atoms with Crippen molar-refractivity contribution >= 4 is 110 Å². The molecule has 12 aromatic rings. The SMILES string of the molecule is Cc1ccc(N(c2cc(C(C)C)c3ccc4c(N(c5ccc(C)cc5)c5c(C)ccc6c5oc5c(C(C)(C)C)cccc56)cc(C(C)C)c5ccc2c3c54)c2c(C)ccc3c2oc2c(C(C)(C)C)cccc23)cc1. The summed E-state index contributed by atoms with van der Waals surface area (Å²) in [7, 11) is 0. The Morgan fingerprint density at radius 2 is 0.703 bits per heavy atom. The number of fused-ring (bicyclic) bond motifs is 6. The van der Waals surface area contributed by atoms with Crippen molar-refractivity contribution in [1.82, 2.24) is 0 Å². The van der Waals surface area contributed by atoms with Gasteiger partial charge in [-0.15, -0.1) is 0 Å². The fourth-order valence-electron chi connectivity index (χ4n) is 12.1. The van der Waals surface area contributed by atoms with Crippen molar-refractivity contribution in [2.45, 2.75) is 120 Å². The Labute approximate surface area is 436 Å². The van der Waals surface area contributed by atoms with Gasteiger partial charge in [0, 0.05) is 54.8 Å². The summed E-state index contributed by atoms with van der Waals surface area (Å²) < 4.78 is 14.6. The van der Waals surface area contributed by atoms with Crippen molar-refractivity contribution in [2.24, 2.45) is 0 Å². The van der Waals surface area contributed by atoms with Crippen LogP contribution >= 0.6 is 0 Å². The quantitative estimate of drug-likeness (QED) is 0.142. The second-order valence-corrected chi connectivity index (χ2v) is 24.0. The Morgan fingerprint density at radius 3 is 1.05 bits per heavy atom. The predicted octanol–water partition coefficient (Wildman–Crippen LogP) is 21.4. The van der Waals surface area contributed by atoms with E-state index in [0.29, 0.717) is 0 Å². The molecule has 0 aliphatic carbocycles. The van der Waals surface area contributed by atoms with Crippen LogP contribution in [0.2, 0.25) is 0 Å². The number of hydrogen-bond donors (Lipinski definition) is 0. The van der Waals surface area contributed by atoms with Gasteiger partial charge in [-0.2, -0.15) is 0 Å². The van der Waals surface area contributed by atoms with Crippen molar-refractivity contribution in [3.63, 3.8) is 0 Å². The summed E-state index contributed by atoms with van der Waals surface area (Å²) in [6.45, 7) is 31.8. The van der Waals surface area contributed by atoms with Gasteiger partial charge in [0.25, 0.3) is 0 Å². The van der Waals surface area contributed by atoms with Crippen LogP contribution in [0.1, 0.15) is 126 Å². The summed E-state index contributed by atoms with van der Waals surface area (Å²) in [4.78, 5) is 5.02. The van der Waals surface area contributed by atoms with E-state index >= 15 is 0 Å². The Balaban J connectivity index is 1.21. The maximum atomic E-state index is 7.28. The van der Waals surface area contributed by atoms with Crippen molar-refractivity contribution in [2.75, 3.05) is 9.80 Å². The van der Waals surface area contributed by atoms with Crippen LogP contribution in [-0.4, -0.2) is 0 Å². The zero-order chi connectivity index (χ0) is 51.9. The number of para-hydroxylation sites is 2. The van der Waals surface area contributed by atoms with Crippen LogP contribution in [0.5, 0.6) is 0 Å². The first kappa shape index (κ1) is 47.4. The molecule has 4 nitrogen and oxygen atoms in total. The molecule has 0 fully saturated rings. The smallest absolute Gasteiger partial charge is 0.159 e. The van der Waals surface area contributed by atoms with Crippen molar-refractivity contribution in [3.05, 3.63) is 190 Å². The second kappa shape index (κ2) is 17.0. The molecule has 2 aromatic heterocycles. The first-order valence-electron chi connectivity index (χ1n) is 26.7. The number of nitrogens with zero attached hydrogens (tertiary/aromatic N) is 2. The van der Waals surface area contributed by atoms with Gasteiger partial charge in [-0.25, -0.2) is 0 Å². The molecule has 0 aliphatic heterocycles. The zero-order valence-corrected chi connectivity index (χ0v) is 45.7. The van der Waals surface area contributed by atoms with Gasteiger partial charge in [-0.3, -0.25) is 0 Å². The molecule has 4 heteroatoms. The molecule has 0 radical (unpaired) electrons. The minimum absolute atomic E-state index is 0.104. The third-order valence-electron chi connectivity index (χ3n) is 16.0. The van der Waals surface area contributed by atoms with Crippen LogP contribution in [-0.2, 0) is 10.8 Å². The third-order valence-corrected chi connectivity index (χ3v) is 16.0. The van der Waals surface area contributed by atoms with E-state index in [2.05, 4.69) is 252 Å². The lowest BCUT2D eigenvalue weighted by Crippen LogP contribution is -2.14.